The summed E-state index contributed by atoms with van der Waals surface area (Å²) >= 11 is 11.7. The number of halogens is 2. The fourth-order valence-corrected chi connectivity index (χ4v) is 2.53. The highest BCUT2D eigenvalue weighted by Gasteiger charge is 2.31. The third-order valence-electron chi connectivity index (χ3n) is 2.95. The number of likely N-dealkylation sites (tertiary alicyclic amines) is 1. The molecule has 1 saturated heterocycles. The molecule has 2 heterocycles. The fraction of sp³-hybridized carbons (Fsp3) is 0.615. The van der Waals surface area contributed by atoms with E-state index in [1.807, 2.05) is 20.8 Å². The zero-order valence-corrected chi connectivity index (χ0v) is 13.2. The van der Waals surface area contributed by atoms with Crippen LogP contribution in [0, 0.1) is 0 Å². The Morgan fingerprint density at radius 1 is 1.40 bits per heavy atom. The minimum Gasteiger partial charge on any atom is -0.444 e. The summed E-state index contributed by atoms with van der Waals surface area (Å²) in [6, 6.07) is 1.69. The number of ether oxygens (including phenoxy) is 1. The van der Waals surface area contributed by atoms with Gasteiger partial charge in [0, 0.05) is 19.0 Å². The molecule has 0 aliphatic carbocycles. The summed E-state index contributed by atoms with van der Waals surface area (Å²) in [5.74, 6) is 0.112. The van der Waals surface area contributed by atoms with Crippen molar-refractivity contribution >= 4 is 29.3 Å². The van der Waals surface area contributed by atoms with E-state index in [0.29, 0.717) is 18.2 Å². The van der Waals surface area contributed by atoms with Gasteiger partial charge in [-0.1, -0.05) is 11.6 Å². The molecule has 0 saturated carbocycles. The van der Waals surface area contributed by atoms with Gasteiger partial charge in [-0.05, 0) is 44.9 Å². The van der Waals surface area contributed by atoms with E-state index in [2.05, 4.69) is 9.97 Å². The molecule has 20 heavy (non-hydrogen) atoms. The van der Waals surface area contributed by atoms with Crippen molar-refractivity contribution in [2.24, 2.45) is 0 Å². The van der Waals surface area contributed by atoms with Gasteiger partial charge in [0.05, 0.1) is 5.69 Å². The van der Waals surface area contributed by atoms with Crippen LogP contribution in [0.25, 0.3) is 0 Å². The average Bonchev–Trinajstić information content (AvgIpc) is 2.74. The van der Waals surface area contributed by atoms with Crippen LogP contribution in [-0.4, -0.2) is 39.7 Å². The number of hydrogen-bond donors (Lipinski definition) is 0. The summed E-state index contributed by atoms with van der Waals surface area (Å²) in [5, 5.41) is 0.443. The number of aromatic nitrogens is 2. The molecule has 1 unspecified atom stereocenters. The SMILES string of the molecule is CC(C)(C)OC(=O)N1CCC(c2cc(Cl)nc(Cl)n2)C1. The Hall–Kier alpha value is -1.07. The molecular formula is C13H17Cl2N3O2. The first kappa shape index (κ1) is 15.3. The number of amides is 1. The Morgan fingerprint density at radius 3 is 2.70 bits per heavy atom. The van der Waals surface area contributed by atoms with Gasteiger partial charge in [-0.15, -0.1) is 0 Å². The molecule has 2 rings (SSSR count). The Morgan fingerprint density at radius 2 is 2.10 bits per heavy atom. The molecule has 1 amide bonds. The first-order chi connectivity index (χ1) is 9.24. The molecule has 110 valence electrons. The van der Waals surface area contributed by atoms with Crippen LogP contribution in [-0.2, 0) is 4.74 Å². The third-order valence-corrected chi connectivity index (χ3v) is 3.31. The van der Waals surface area contributed by atoms with E-state index in [9.17, 15) is 4.79 Å². The summed E-state index contributed by atoms with van der Waals surface area (Å²) in [6.45, 7) is 6.74. The summed E-state index contributed by atoms with van der Waals surface area (Å²) < 4.78 is 5.36. The summed E-state index contributed by atoms with van der Waals surface area (Å²) in [7, 11) is 0. The lowest BCUT2D eigenvalue weighted by molar-refractivity contribution is 0.0292. The minimum absolute atomic E-state index is 0.112. The van der Waals surface area contributed by atoms with Crippen molar-refractivity contribution in [1.82, 2.24) is 14.9 Å². The molecular weight excluding hydrogens is 301 g/mol. The van der Waals surface area contributed by atoms with Crippen LogP contribution in [0.3, 0.4) is 0 Å². The van der Waals surface area contributed by atoms with Gasteiger partial charge in [0.1, 0.15) is 10.8 Å². The lowest BCUT2D eigenvalue weighted by atomic mass is 10.1. The van der Waals surface area contributed by atoms with Crippen molar-refractivity contribution in [3.05, 3.63) is 22.2 Å². The van der Waals surface area contributed by atoms with Crippen molar-refractivity contribution in [2.45, 2.75) is 38.7 Å². The van der Waals surface area contributed by atoms with Gasteiger partial charge in [-0.25, -0.2) is 14.8 Å². The molecule has 7 heteroatoms. The predicted molar refractivity (Wildman–Crippen MR) is 77.2 cm³/mol. The fourth-order valence-electron chi connectivity index (χ4n) is 2.11. The smallest absolute Gasteiger partial charge is 0.410 e. The predicted octanol–water partition coefficient (Wildman–Crippen LogP) is 3.51. The van der Waals surface area contributed by atoms with E-state index in [4.69, 9.17) is 27.9 Å². The molecule has 1 aromatic rings. The van der Waals surface area contributed by atoms with E-state index in [1.165, 1.54) is 0 Å². The van der Waals surface area contributed by atoms with Crippen molar-refractivity contribution in [3.8, 4) is 0 Å². The quantitative estimate of drug-likeness (QED) is 0.587. The van der Waals surface area contributed by atoms with Crippen LogP contribution in [0.4, 0.5) is 4.79 Å². The summed E-state index contributed by atoms with van der Waals surface area (Å²) in [5.41, 5.74) is 0.275. The standard InChI is InChI=1S/C13H17Cl2N3O2/c1-13(2,3)20-12(19)18-5-4-8(7-18)9-6-10(14)17-11(15)16-9/h6,8H,4-5,7H2,1-3H3. The highest BCUT2D eigenvalue weighted by molar-refractivity contribution is 6.31. The number of nitrogens with zero attached hydrogens (tertiary/aromatic N) is 3. The maximum Gasteiger partial charge on any atom is 0.410 e. The molecule has 1 atom stereocenters. The van der Waals surface area contributed by atoms with Crippen LogP contribution in [0.15, 0.2) is 6.07 Å². The van der Waals surface area contributed by atoms with E-state index < -0.39 is 5.60 Å². The second-order valence-corrected chi connectivity index (χ2v) is 6.52. The van der Waals surface area contributed by atoms with Crippen molar-refractivity contribution in [1.29, 1.82) is 0 Å². The first-order valence-electron chi connectivity index (χ1n) is 6.42. The van der Waals surface area contributed by atoms with Crippen molar-refractivity contribution in [2.75, 3.05) is 13.1 Å². The minimum atomic E-state index is -0.489. The first-order valence-corrected chi connectivity index (χ1v) is 7.18. The maximum absolute atomic E-state index is 12.0. The van der Waals surface area contributed by atoms with Gasteiger partial charge < -0.3 is 9.64 Å². The van der Waals surface area contributed by atoms with Gasteiger partial charge in [0.2, 0.25) is 5.28 Å². The molecule has 0 bridgehead atoms. The van der Waals surface area contributed by atoms with Gasteiger partial charge in [0.25, 0.3) is 0 Å². The molecule has 0 spiro atoms. The number of hydrogen-bond acceptors (Lipinski definition) is 4. The highest BCUT2D eigenvalue weighted by Crippen LogP contribution is 2.28. The lowest BCUT2D eigenvalue weighted by Gasteiger charge is -2.24. The second kappa shape index (κ2) is 5.74. The van der Waals surface area contributed by atoms with Gasteiger partial charge in [-0.3, -0.25) is 0 Å². The molecule has 1 aliphatic heterocycles. The van der Waals surface area contributed by atoms with Crippen LogP contribution in [0.1, 0.15) is 38.8 Å². The molecule has 1 aliphatic rings. The van der Waals surface area contributed by atoms with Crippen LogP contribution < -0.4 is 0 Å². The zero-order valence-electron chi connectivity index (χ0n) is 11.7. The Bertz CT molecular complexity index is 497. The van der Waals surface area contributed by atoms with E-state index in [0.717, 1.165) is 12.1 Å². The van der Waals surface area contributed by atoms with E-state index in [-0.39, 0.29) is 17.3 Å². The monoisotopic (exact) mass is 317 g/mol. The topological polar surface area (TPSA) is 55.3 Å². The zero-order chi connectivity index (χ0) is 14.9. The van der Waals surface area contributed by atoms with Gasteiger partial charge >= 0.3 is 6.09 Å². The van der Waals surface area contributed by atoms with Crippen LogP contribution in [0.2, 0.25) is 10.4 Å². The van der Waals surface area contributed by atoms with E-state index in [1.54, 1.807) is 11.0 Å². The summed E-state index contributed by atoms with van der Waals surface area (Å²) in [4.78, 5) is 21.7. The molecule has 0 aromatic carbocycles. The van der Waals surface area contributed by atoms with Gasteiger partial charge in [0.15, 0.2) is 0 Å². The molecule has 0 radical (unpaired) electrons. The normalized spacial score (nSPS) is 19.2. The Kier molecular flexibility index (Phi) is 4.39. The van der Waals surface area contributed by atoms with Crippen LogP contribution >= 0.6 is 23.2 Å². The van der Waals surface area contributed by atoms with Crippen molar-refractivity contribution < 1.29 is 9.53 Å². The molecule has 1 fully saturated rings. The van der Waals surface area contributed by atoms with E-state index >= 15 is 0 Å². The number of rotatable bonds is 1. The largest absolute Gasteiger partial charge is 0.444 e. The van der Waals surface area contributed by atoms with Crippen molar-refractivity contribution in [3.63, 3.8) is 0 Å². The Balaban J connectivity index is 2.03. The number of carbonyl (C=O) groups excluding carboxylic acids is 1. The molecule has 0 N–H and O–H groups in total. The molecule has 1 aromatic heterocycles. The van der Waals surface area contributed by atoms with Crippen LogP contribution in [0.5, 0.6) is 0 Å². The summed E-state index contributed by atoms with van der Waals surface area (Å²) in [6.07, 6.45) is 0.509. The third kappa shape index (κ3) is 3.96. The highest BCUT2D eigenvalue weighted by atomic mass is 35.5. The van der Waals surface area contributed by atoms with Gasteiger partial charge in [-0.2, -0.15) is 0 Å². The number of carbonyl (C=O) groups is 1. The average molecular weight is 318 g/mol. The maximum atomic E-state index is 12.0. The molecule has 5 nitrogen and oxygen atoms in total. The Labute approximate surface area is 128 Å². The second-order valence-electron chi connectivity index (χ2n) is 5.80. The lowest BCUT2D eigenvalue weighted by Crippen LogP contribution is -2.35.